The topological polar surface area (TPSA) is 36.2 Å². The number of fused-ring (bicyclic) bond motifs is 1. The molecular formula is C17H15ClF2N2O2. The number of benzene rings is 1. The van der Waals surface area contributed by atoms with E-state index in [-0.39, 0.29) is 22.0 Å². The maximum Gasteiger partial charge on any atom is 0.276 e. The zero-order chi connectivity index (χ0) is 17.4. The van der Waals surface area contributed by atoms with E-state index in [4.69, 9.17) is 22.8 Å². The van der Waals surface area contributed by atoms with E-state index in [9.17, 15) is 13.6 Å². The van der Waals surface area contributed by atoms with Gasteiger partial charge in [-0.15, -0.1) is 6.42 Å². The third-order valence-corrected chi connectivity index (χ3v) is 4.38. The largest absolute Gasteiger partial charge is 0.475 e. The van der Waals surface area contributed by atoms with E-state index in [1.807, 2.05) is 0 Å². The molecule has 0 spiro atoms. The Hall–Kier alpha value is -2.26. The highest BCUT2D eigenvalue weighted by molar-refractivity contribution is 6.32. The second kappa shape index (κ2) is 6.33. The molecule has 1 aliphatic heterocycles. The van der Waals surface area contributed by atoms with E-state index >= 15 is 0 Å². The molecule has 1 unspecified atom stereocenters. The first-order chi connectivity index (χ1) is 11.4. The Morgan fingerprint density at radius 3 is 2.54 bits per heavy atom. The lowest BCUT2D eigenvalue weighted by molar-refractivity contribution is 0.265. The highest BCUT2D eigenvalue weighted by Crippen LogP contribution is 2.33. The fraction of sp³-hybridized carbons (Fsp3) is 0.353. The molecule has 1 atom stereocenters. The van der Waals surface area contributed by atoms with E-state index in [1.54, 1.807) is 11.6 Å². The van der Waals surface area contributed by atoms with Crippen molar-refractivity contribution in [2.24, 2.45) is 0 Å². The van der Waals surface area contributed by atoms with Crippen LogP contribution in [-0.2, 0) is 13.1 Å². The molecule has 126 valence electrons. The lowest BCUT2D eigenvalue weighted by Crippen LogP contribution is -2.27. The lowest BCUT2D eigenvalue weighted by Gasteiger charge is -2.17. The van der Waals surface area contributed by atoms with Gasteiger partial charge in [0.05, 0.1) is 5.56 Å². The summed E-state index contributed by atoms with van der Waals surface area (Å²) in [5.74, 6) is 0.308. The molecule has 0 fully saturated rings. The molecule has 0 aliphatic carbocycles. The van der Waals surface area contributed by atoms with Crippen molar-refractivity contribution in [3.05, 3.63) is 39.3 Å². The number of nitrogens with zero attached hydrogens (tertiary/aromatic N) is 2. The van der Waals surface area contributed by atoms with Gasteiger partial charge in [0.2, 0.25) is 0 Å². The lowest BCUT2D eigenvalue weighted by atomic mass is 10.1. The third-order valence-electron chi connectivity index (χ3n) is 3.99. The number of ether oxygens (including phenoxy) is 1. The van der Waals surface area contributed by atoms with Gasteiger partial charge in [-0.1, -0.05) is 17.5 Å². The molecule has 24 heavy (non-hydrogen) atoms. The van der Waals surface area contributed by atoms with Crippen molar-refractivity contribution in [3.63, 3.8) is 0 Å². The van der Waals surface area contributed by atoms with Crippen molar-refractivity contribution in [2.45, 2.75) is 39.0 Å². The van der Waals surface area contributed by atoms with Gasteiger partial charge in [0.15, 0.2) is 17.7 Å². The van der Waals surface area contributed by atoms with E-state index < -0.39 is 23.3 Å². The Bertz CT molecular complexity index is 895. The molecule has 2 heterocycles. The zero-order valence-corrected chi connectivity index (χ0v) is 13.7. The van der Waals surface area contributed by atoms with Gasteiger partial charge < -0.3 is 4.74 Å². The van der Waals surface area contributed by atoms with Gasteiger partial charge in [-0.25, -0.2) is 13.5 Å². The minimum Gasteiger partial charge on any atom is -0.475 e. The Balaban J connectivity index is 2.17. The molecule has 0 N–H and O–H groups in total. The van der Waals surface area contributed by atoms with E-state index in [2.05, 4.69) is 5.92 Å². The maximum atomic E-state index is 14.3. The predicted octanol–water partition coefficient (Wildman–Crippen LogP) is 3.44. The summed E-state index contributed by atoms with van der Waals surface area (Å²) < 4.78 is 36.6. The molecule has 0 bridgehead atoms. The summed E-state index contributed by atoms with van der Waals surface area (Å²) >= 11 is 6.29. The number of aromatic nitrogens is 2. The summed E-state index contributed by atoms with van der Waals surface area (Å²) in [4.78, 5) is 12.6. The Labute approximate surface area is 142 Å². The SMILES string of the molecule is C#CC(C)Oc1cc(-c2c(Cl)n3n(c2=O)CCCC3)c(F)cc1F. The smallest absolute Gasteiger partial charge is 0.276 e. The van der Waals surface area contributed by atoms with Gasteiger partial charge in [-0.3, -0.25) is 9.48 Å². The first-order valence-electron chi connectivity index (χ1n) is 7.55. The number of rotatable bonds is 3. The molecule has 3 rings (SSSR count). The van der Waals surface area contributed by atoms with E-state index in [0.717, 1.165) is 18.9 Å². The van der Waals surface area contributed by atoms with Crippen LogP contribution in [0.2, 0.25) is 5.15 Å². The fourth-order valence-corrected chi connectivity index (χ4v) is 3.15. The van der Waals surface area contributed by atoms with Gasteiger partial charge in [0.25, 0.3) is 5.56 Å². The van der Waals surface area contributed by atoms with Crippen molar-refractivity contribution < 1.29 is 13.5 Å². The van der Waals surface area contributed by atoms with Crippen LogP contribution in [0.25, 0.3) is 11.1 Å². The summed E-state index contributed by atoms with van der Waals surface area (Å²) in [5, 5.41) is 0.140. The molecule has 0 radical (unpaired) electrons. The van der Waals surface area contributed by atoms with Crippen LogP contribution in [0.3, 0.4) is 0 Å². The first kappa shape index (κ1) is 16.6. The van der Waals surface area contributed by atoms with Crippen LogP contribution in [0.1, 0.15) is 19.8 Å². The van der Waals surface area contributed by atoms with Crippen LogP contribution < -0.4 is 10.3 Å². The van der Waals surface area contributed by atoms with Crippen LogP contribution >= 0.6 is 11.6 Å². The summed E-state index contributed by atoms with van der Waals surface area (Å²) in [5.41, 5.74) is -0.490. The van der Waals surface area contributed by atoms with Gasteiger partial charge in [0.1, 0.15) is 11.0 Å². The van der Waals surface area contributed by atoms with Crippen molar-refractivity contribution in [3.8, 4) is 29.2 Å². The number of halogens is 3. The normalized spacial score (nSPS) is 14.8. The summed E-state index contributed by atoms with van der Waals surface area (Å²) in [6, 6.07) is 1.80. The predicted molar refractivity (Wildman–Crippen MR) is 87.2 cm³/mol. The fourth-order valence-electron chi connectivity index (χ4n) is 2.79. The van der Waals surface area contributed by atoms with Crippen molar-refractivity contribution in [1.29, 1.82) is 0 Å². The summed E-state index contributed by atoms with van der Waals surface area (Å²) in [6.07, 6.45) is 6.25. The van der Waals surface area contributed by atoms with E-state index in [0.29, 0.717) is 19.2 Å². The van der Waals surface area contributed by atoms with Crippen LogP contribution in [0.15, 0.2) is 16.9 Å². The molecule has 0 saturated heterocycles. The molecule has 1 aromatic carbocycles. The first-order valence-corrected chi connectivity index (χ1v) is 7.93. The quantitative estimate of drug-likeness (QED) is 0.793. The third kappa shape index (κ3) is 2.69. The van der Waals surface area contributed by atoms with Crippen LogP contribution in [0, 0.1) is 24.0 Å². The molecule has 4 nitrogen and oxygen atoms in total. The van der Waals surface area contributed by atoms with Gasteiger partial charge in [-0.05, 0) is 25.8 Å². The minimum absolute atomic E-state index is 0.00859. The minimum atomic E-state index is -0.890. The van der Waals surface area contributed by atoms with Crippen LogP contribution in [0.5, 0.6) is 5.75 Å². The second-order valence-electron chi connectivity index (χ2n) is 5.61. The maximum absolute atomic E-state index is 14.3. The van der Waals surface area contributed by atoms with Gasteiger partial charge in [0, 0.05) is 24.7 Å². The highest BCUT2D eigenvalue weighted by Gasteiger charge is 2.25. The van der Waals surface area contributed by atoms with Crippen LogP contribution in [-0.4, -0.2) is 15.5 Å². The van der Waals surface area contributed by atoms with Crippen molar-refractivity contribution in [2.75, 3.05) is 0 Å². The molecular weight excluding hydrogens is 338 g/mol. The molecule has 7 heteroatoms. The van der Waals surface area contributed by atoms with E-state index in [1.165, 1.54) is 4.68 Å². The molecule has 1 aromatic heterocycles. The van der Waals surface area contributed by atoms with Crippen LogP contribution in [0.4, 0.5) is 8.78 Å². The molecule has 2 aromatic rings. The Morgan fingerprint density at radius 1 is 1.25 bits per heavy atom. The zero-order valence-electron chi connectivity index (χ0n) is 13.0. The number of terminal acetylenes is 1. The summed E-state index contributed by atoms with van der Waals surface area (Å²) in [6.45, 7) is 2.65. The Morgan fingerprint density at radius 2 is 1.92 bits per heavy atom. The number of hydrogen-bond acceptors (Lipinski definition) is 2. The Kier molecular flexibility index (Phi) is 4.37. The van der Waals surface area contributed by atoms with Gasteiger partial charge >= 0.3 is 0 Å². The standard InChI is InChI=1S/C17H15ClF2N2O2/c1-3-10(2)24-14-8-11(12(19)9-13(14)20)15-16(18)21-6-4-5-7-22(21)17(15)23/h1,8-10H,4-7H2,2H3. The average Bonchev–Trinajstić information content (AvgIpc) is 2.82. The average molecular weight is 353 g/mol. The number of hydrogen-bond donors (Lipinski definition) is 0. The van der Waals surface area contributed by atoms with Gasteiger partial charge in [-0.2, -0.15) is 0 Å². The second-order valence-corrected chi connectivity index (χ2v) is 5.97. The monoisotopic (exact) mass is 352 g/mol. The molecule has 0 saturated carbocycles. The molecule has 0 amide bonds. The summed E-state index contributed by atoms with van der Waals surface area (Å²) in [7, 11) is 0. The molecule has 1 aliphatic rings. The van der Waals surface area contributed by atoms with Crippen molar-refractivity contribution >= 4 is 11.6 Å². The highest BCUT2D eigenvalue weighted by atomic mass is 35.5. The van der Waals surface area contributed by atoms with Crippen molar-refractivity contribution in [1.82, 2.24) is 9.36 Å².